The summed E-state index contributed by atoms with van der Waals surface area (Å²) in [5, 5.41) is 3.18. The number of hydrogen-bond acceptors (Lipinski definition) is 6. The molecule has 0 aliphatic carbocycles. The highest BCUT2D eigenvalue weighted by Gasteiger charge is 2.35. The van der Waals surface area contributed by atoms with Crippen LogP contribution in [0.4, 0.5) is 4.79 Å². The Kier molecular flexibility index (Phi) is 5.24. The molecule has 3 aromatic carbocycles. The number of carbonyl (C=O) groups excluding carboxylic acids is 2. The molecule has 5 aromatic rings. The first kappa shape index (κ1) is 20.8. The number of aromatic amines is 1. The minimum absolute atomic E-state index is 0.231. The van der Waals surface area contributed by atoms with Crippen LogP contribution in [0.5, 0.6) is 0 Å². The fourth-order valence-corrected chi connectivity index (χ4v) is 5.49. The number of fused-ring (bicyclic) bond motifs is 2. The van der Waals surface area contributed by atoms with Crippen LogP contribution < -0.4 is 0 Å². The molecule has 34 heavy (non-hydrogen) atoms. The molecule has 6 nitrogen and oxygen atoms in total. The molecular formula is C26H17N3O3S2. The summed E-state index contributed by atoms with van der Waals surface area (Å²) in [4.78, 5) is 35.1. The van der Waals surface area contributed by atoms with E-state index in [1.807, 2.05) is 72.8 Å². The summed E-state index contributed by atoms with van der Waals surface area (Å²) in [7, 11) is 0. The summed E-state index contributed by atoms with van der Waals surface area (Å²) in [6.07, 6.45) is 1.62. The molecule has 3 heterocycles. The van der Waals surface area contributed by atoms with Crippen LogP contribution in [0.1, 0.15) is 11.3 Å². The fourth-order valence-electron chi connectivity index (χ4n) is 3.91. The summed E-state index contributed by atoms with van der Waals surface area (Å²) in [5.41, 5.74) is 2.78. The quantitative estimate of drug-likeness (QED) is 0.280. The number of para-hydroxylation sites is 2. The van der Waals surface area contributed by atoms with Crippen LogP contribution in [0.25, 0.3) is 27.9 Å². The van der Waals surface area contributed by atoms with Gasteiger partial charge in [0.05, 0.1) is 22.5 Å². The second-order valence-corrected chi connectivity index (χ2v) is 9.71. The van der Waals surface area contributed by atoms with E-state index in [0.717, 1.165) is 44.3 Å². The van der Waals surface area contributed by atoms with Gasteiger partial charge in [-0.05, 0) is 64.1 Å². The lowest BCUT2D eigenvalue weighted by Gasteiger charge is -2.14. The number of H-pyrrole nitrogens is 1. The Morgan fingerprint density at radius 1 is 0.971 bits per heavy atom. The first-order valence-electron chi connectivity index (χ1n) is 10.6. The summed E-state index contributed by atoms with van der Waals surface area (Å²) in [6.45, 7) is 0.231. The minimum atomic E-state index is -0.314. The average Bonchev–Trinajstić information content (AvgIpc) is 3.53. The van der Waals surface area contributed by atoms with Crippen molar-refractivity contribution < 1.29 is 14.0 Å². The molecule has 0 radical (unpaired) electrons. The molecular weight excluding hydrogens is 466 g/mol. The molecule has 1 saturated heterocycles. The Labute approximate surface area is 203 Å². The van der Waals surface area contributed by atoms with Crippen molar-refractivity contribution in [2.24, 2.45) is 0 Å². The van der Waals surface area contributed by atoms with Gasteiger partial charge in [-0.15, -0.1) is 0 Å². The number of nitrogens with one attached hydrogen (secondary N) is 1. The van der Waals surface area contributed by atoms with E-state index in [1.165, 1.54) is 16.7 Å². The van der Waals surface area contributed by atoms with Gasteiger partial charge in [0.25, 0.3) is 11.1 Å². The molecule has 1 aliphatic heterocycles. The lowest BCUT2D eigenvalue weighted by molar-refractivity contribution is -0.123. The maximum Gasteiger partial charge on any atom is 0.293 e. The van der Waals surface area contributed by atoms with Crippen molar-refractivity contribution in [1.82, 2.24) is 14.9 Å². The zero-order valence-electron chi connectivity index (χ0n) is 17.7. The van der Waals surface area contributed by atoms with Crippen molar-refractivity contribution in [3.8, 4) is 0 Å². The van der Waals surface area contributed by atoms with E-state index in [2.05, 4.69) is 9.97 Å². The highest BCUT2D eigenvalue weighted by atomic mass is 32.2. The van der Waals surface area contributed by atoms with Crippen molar-refractivity contribution >= 4 is 62.6 Å². The van der Waals surface area contributed by atoms with Crippen molar-refractivity contribution in [2.45, 2.75) is 16.8 Å². The van der Waals surface area contributed by atoms with Gasteiger partial charge in [-0.25, -0.2) is 4.98 Å². The number of amides is 2. The largest absolute Gasteiger partial charge is 0.450 e. The van der Waals surface area contributed by atoms with E-state index >= 15 is 0 Å². The lowest BCUT2D eigenvalue weighted by Crippen LogP contribution is -2.27. The minimum Gasteiger partial charge on any atom is -0.450 e. The Bertz CT molecular complexity index is 1560. The van der Waals surface area contributed by atoms with Crippen LogP contribution in [0, 0.1) is 0 Å². The standard InChI is InChI=1S/C26H17N3O3S2/c30-24-22(33-26(31)29(24)15-17-8-5-7-16-6-1-2-9-19(16)17)14-18-12-13-23(32-18)34-25-27-20-10-3-4-11-21(20)28-25/h1-14H,15H2,(H,27,28). The molecule has 2 amide bonds. The SMILES string of the molecule is O=C1SC(=Cc2ccc(Sc3nc4ccccc4[nH]3)o2)C(=O)N1Cc1cccc2ccccc12. The summed E-state index contributed by atoms with van der Waals surface area (Å²) >= 11 is 2.30. The normalized spacial score (nSPS) is 15.3. The smallest absolute Gasteiger partial charge is 0.293 e. The van der Waals surface area contributed by atoms with Gasteiger partial charge in [-0.3, -0.25) is 14.5 Å². The van der Waals surface area contributed by atoms with E-state index in [1.54, 1.807) is 12.1 Å². The molecule has 1 aliphatic rings. The third-order valence-corrected chi connectivity index (χ3v) is 7.24. The highest BCUT2D eigenvalue weighted by Crippen LogP contribution is 2.35. The molecule has 0 unspecified atom stereocenters. The maximum absolute atomic E-state index is 13.0. The van der Waals surface area contributed by atoms with E-state index in [-0.39, 0.29) is 17.7 Å². The number of imide groups is 1. The molecule has 166 valence electrons. The van der Waals surface area contributed by atoms with Gasteiger partial charge in [0.15, 0.2) is 10.2 Å². The molecule has 0 atom stereocenters. The van der Waals surface area contributed by atoms with Crippen LogP contribution in [0.2, 0.25) is 0 Å². The first-order chi connectivity index (χ1) is 16.6. The van der Waals surface area contributed by atoms with Crippen LogP contribution >= 0.6 is 23.5 Å². The zero-order chi connectivity index (χ0) is 23.1. The van der Waals surface area contributed by atoms with Gasteiger partial charge < -0.3 is 9.40 Å². The van der Waals surface area contributed by atoms with Gasteiger partial charge in [-0.1, -0.05) is 54.6 Å². The summed E-state index contributed by atoms with van der Waals surface area (Å²) in [5.74, 6) is 0.195. The van der Waals surface area contributed by atoms with Crippen LogP contribution in [0.3, 0.4) is 0 Å². The Morgan fingerprint density at radius 3 is 2.71 bits per heavy atom. The highest BCUT2D eigenvalue weighted by molar-refractivity contribution is 8.18. The fraction of sp³-hybridized carbons (Fsp3) is 0.0385. The van der Waals surface area contributed by atoms with E-state index < -0.39 is 0 Å². The molecule has 1 fully saturated rings. The van der Waals surface area contributed by atoms with E-state index in [0.29, 0.717) is 15.8 Å². The van der Waals surface area contributed by atoms with Gasteiger partial charge in [0.2, 0.25) is 0 Å². The molecule has 8 heteroatoms. The van der Waals surface area contributed by atoms with Gasteiger partial charge in [-0.2, -0.15) is 0 Å². The molecule has 2 aromatic heterocycles. The van der Waals surface area contributed by atoms with Gasteiger partial charge >= 0.3 is 0 Å². The number of imidazole rings is 1. The van der Waals surface area contributed by atoms with Crippen LogP contribution in [-0.2, 0) is 11.3 Å². The topological polar surface area (TPSA) is 79.2 Å². The lowest BCUT2D eigenvalue weighted by atomic mass is 10.0. The molecule has 0 bridgehead atoms. The predicted molar refractivity (Wildman–Crippen MR) is 134 cm³/mol. The maximum atomic E-state index is 13.0. The molecule has 1 N–H and O–H groups in total. The number of carbonyl (C=O) groups is 2. The second kappa shape index (κ2) is 8.55. The van der Waals surface area contributed by atoms with Gasteiger partial charge in [0, 0.05) is 6.08 Å². The Hall–Kier alpha value is -3.75. The van der Waals surface area contributed by atoms with Crippen LogP contribution in [-0.4, -0.2) is 26.0 Å². The van der Waals surface area contributed by atoms with Gasteiger partial charge in [0.1, 0.15) is 5.76 Å². The zero-order valence-corrected chi connectivity index (χ0v) is 19.4. The van der Waals surface area contributed by atoms with Crippen molar-refractivity contribution in [3.63, 3.8) is 0 Å². The monoisotopic (exact) mass is 483 g/mol. The average molecular weight is 484 g/mol. The third-order valence-electron chi connectivity index (χ3n) is 5.52. The predicted octanol–water partition coefficient (Wildman–Crippen LogP) is 6.70. The first-order valence-corrected chi connectivity index (χ1v) is 12.2. The van der Waals surface area contributed by atoms with E-state index in [4.69, 9.17) is 4.42 Å². The Balaban J connectivity index is 1.20. The molecule has 6 rings (SSSR count). The molecule has 0 spiro atoms. The number of benzene rings is 3. The number of thioether (sulfide) groups is 1. The number of hydrogen-bond donors (Lipinski definition) is 1. The van der Waals surface area contributed by atoms with Crippen molar-refractivity contribution in [1.29, 1.82) is 0 Å². The number of nitrogens with zero attached hydrogens (tertiary/aromatic N) is 2. The van der Waals surface area contributed by atoms with Crippen LogP contribution in [0.15, 0.2) is 98.4 Å². The van der Waals surface area contributed by atoms with E-state index in [9.17, 15) is 9.59 Å². The summed E-state index contributed by atoms with van der Waals surface area (Å²) in [6, 6.07) is 25.3. The summed E-state index contributed by atoms with van der Waals surface area (Å²) < 4.78 is 5.87. The third kappa shape index (κ3) is 3.91. The Morgan fingerprint density at radius 2 is 1.79 bits per heavy atom. The van der Waals surface area contributed by atoms with Crippen molar-refractivity contribution in [3.05, 3.63) is 95.1 Å². The number of rotatable bonds is 5. The number of aromatic nitrogens is 2. The number of furan rings is 1. The van der Waals surface area contributed by atoms with Crippen molar-refractivity contribution in [2.75, 3.05) is 0 Å². The second-order valence-electron chi connectivity index (χ2n) is 7.72. The molecule has 0 saturated carbocycles.